The quantitative estimate of drug-likeness (QED) is 0.200. The van der Waals surface area contributed by atoms with Gasteiger partial charge in [-0.05, 0) is 98.8 Å². The Labute approximate surface area is 238 Å². The SMILES string of the molecule is Cc1cc(Nc2ccc3nc(-c4ccc(Nc5cc(C)nc6ccc(C7CCOCC7)cc56)cn4)[nH]c3c2)ccn1. The number of anilines is 4. The summed E-state index contributed by atoms with van der Waals surface area (Å²) >= 11 is 0. The molecule has 204 valence electrons. The minimum atomic E-state index is 0.527. The van der Waals surface area contributed by atoms with Gasteiger partial charge >= 0.3 is 0 Å². The molecule has 0 aliphatic carbocycles. The smallest absolute Gasteiger partial charge is 0.157 e. The number of ether oxygens (including phenoxy) is 1. The zero-order valence-corrected chi connectivity index (χ0v) is 23.1. The summed E-state index contributed by atoms with van der Waals surface area (Å²) in [6.07, 6.45) is 5.77. The van der Waals surface area contributed by atoms with Gasteiger partial charge in [-0.25, -0.2) is 4.98 Å². The number of aromatic amines is 1. The highest BCUT2D eigenvalue weighted by atomic mass is 16.5. The van der Waals surface area contributed by atoms with E-state index < -0.39 is 0 Å². The van der Waals surface area contributed by atoms with Crippen LogP contribution in [0.3, 0.4) is 0 Å². The summed E-state index contributed by atoms with van der Waals surface area (Å²) in [5.41, 5.74) is 10.8. The molecule has 7 rings (SSSR count). The molecule has 5 heterocycles. The number of aromatic nitrogens is 5. The van der Waals surface area contributed by atoms with Gasteiger partial charge in [-0.3, -0.25) is 15.0 Å². The third-order valence-electron chi connectivity index (χ3n) is 7.61. The van der Waals surface area contributed by atoms with Crippen molar-refractivity contribution in [2.24, 2.45) is 0 Å². The molecule has 0 atom stereocenters. The first-order valence-electron chi connectivity index (χ1n) is 14.0. The summed E-state index contributed by atoms with van der Waals surface area (Å²) in [6, 6.07) is 22.8. The Morgan fingerprint density at radius 2 is 1.59 bits per heavy atom. The van der Waals surface area contributed by atoms with Crippen molar-refractivity contribution in [1.29, 1.82) is 0 Å². The predicted molar refractivity (Wildman–Crippen MR) is 164 cm³/mol. The van der Waals surface area contributed by atoms with Crippen molar-refractivity contribution in [3.05, 3.63) is 96.1 Å². The number of fused-ring (bicyclic) bond motifs is 2. The highest BCUT2D eigenvalue weighted by molar-refractivity contribution is 5.94. The third-order valence-corrected chi connectivity index (χ3v) is 7.61. The first-order chi connectivity index (χ1) is 20.1. The van der Waals surface area contributed by atoms with E-state index in [0.29, 0.717) is 5.92 Å². The van der Waals surface area contributed by atoms with Crippen molar-refractivity contribution < 1.29 is 4.74 Å². The number of rotatable bonds is 6. The summed E-state index contributed by atoms with van der Waals surface area (Å²) < 4.78 is 5.57. The number of nitrogens with zero attached hydrogens (tertiary/aromatic N) is 4. The Balaban J connectivity index is 1.13. The van der Waals surface area contributed by atoms with Crippen LogP contribution in [0.5, 0.6) is 0 Å². The lowest BCUT2D eigenvalue weighted by molar-refractivity contribution is 0.0853. The molecule has 0 spiro atoms. The fourth-order valence-electron chi connectivity index (χ4n) is 5.53. The minimum absolute atomic E-state index is 0.527. The molecule has 0 saturated carbocycles. The third kappa shape index (κ3) is 5.34. The van der Waals surface area contributed by atoms with Crippen molar-refractivity contribution in [3.63, 3.8) is 0 Å². The summed E-state index contributed by atoms with van der Waals surface area (Å²) in [6.45, 7) is 5.66. The van der Waals surface area contributed by atoms with E-state index in [-0.39, 0.29) is 0 Å². The lowest BCUT2D eigenvalue weighted by Crippen LogP contribution is -2.14. The van der Waals surface area contributed by atoms with E-state index in [1.54, 1.807) is 6.20 Å². The molecule has 0 amide bonds. The molecule has 0 unspecified atom stereocenters. The molecule has 8 nitrogen and oxygen atoms in total. The monoisotopic (exact) mass is 541 g/mol. The topological polar surface area (TPSA) is 101 Å². The molecule has 6 aromatic rings. The summed E-state index contributed by atoms with van der Waals surface area (Å²) in [5, 5.41) is 8.14. The Kier molecular flexibility index (Phi) is 6.53. The van der Waals surface area contributed by atoms with Crippen LogP contribution in [0.2, 0.25) is 0 Å². The van der Waals surface area contributed by atoms with Crippen molar-refractivity contribution >= 4 is 44.7 Å². The lowest BCUT2D eigenvalue weighted by Gasteiger charge is -2.23. The average molecular weight is 542 g/mol. The van der Waals surface area contributed by atoms with E-state index in [4.69, 9.17) is 19.7 Å². The van der Waals surface area contributed by atoms with Crippen LogP contribution in [0.4, 0.5) is 22.7 Å². The number of nitrogens with one attached hydrogen (secondary N) is 3. The summed E-state index contributed by atoms with van der Waals surface area (Å²) in [5.74, 6) is 1.26. The second-order valence-corrected chi connectivity index (χ2v) is 10.7. The van der Waals surface area contributed by atoms with E-state index >= 15 is 0 Å². The fourth-order valence-corrected chi connectivity index (χ4v) is 5.53. The fraction of sp³-hybridized carbons (Fsp3) is 0.212. The van der Waals surface area contributed by atoms with Crippen molar-refractivity contribution in [3.8, 4) is 11.5 Å². The number of pyridine rings is 3. The highest BCUT2D eigenvalue weighted by Gasteiger charge is 2.17. The lowest BCUT2D eigenvalue weighted by atomic mass is 9.90. The van der Waals surface area contributed by atoms with Crippen LogP contribution < -0.4 is 10.6 Å². The molecule has 2 aromatic carbocycles. The number of hydrogen-bond donors (Lipinski definition) is 3. The van der Waals surface area contributed by atoms with Crippen molar-refractivity contribution in [2.75, 3.05) is 23.8 Å². The Morgan fingerprint density at radius 3 is 2.41 bits per heavy atom. The van der Waals surface area contributed by atoms with Gasteiger partial charge in [0.25, 0.3) is 0 Å². The largest absolute Gasteiger partial charge is 0.381 e. The van der Waals surface area contributed by atoms with Crippen LogP contribution in [0.1, 0.15) is 35.7 Å². The van der Waals surface area contributed by atoms with Crippen LogP contribution in [0.15, 0.2) is 79.1 Å². The van der Waals surface area contributed by atoms with Gasteiger partial charge in [0.15, 0.2) is 5.82 Å². The molecule has 4 aromatic heterocycles. The highest BCUT2D eigenvalue weighted by Crippen LogP contribution is 2.33. The number of aryl methyl sites for hydroxylation is 2. The summed E-state index contributed by atoms with van der Waals surface area (Å²) in [7, 11) is 0. The van der Waals surface area contributed by atoms with Crippen molar-refractivity contribution in [2.45, 2.75) is 32.6 Å². The molecule has 41 heavy (non-hydrogen) atoms. The van der Waals surface area contributed by atoms with Gasteiger partial charge in [0.1, 0.15) is 5.69 Å². The van der Waals surface area contributed by atoms with Gasteiger partial charge in [0.05, 0.1) is 28.4 Å². The van der Waals surface area contributed by atoms with E-state index in [1.165, 1.54) is 5.56 Å². The van der Waals surface area contributed by atoms with E-state index in [0.717, 1.165) is 93.6 Å². The van der Waals surface area contributed by atoms with Crippen LogP contribution in [0, 0.1) is 13.8 Å². The van der Waals surface area contributed by atoms with E-state index in [2.05, 4.69) is 50.9 Å². The molecule has 1 fully saturated rings. The zero-order valence-electron chi connectivity index (χ0n) is 23.1. The number of hydrogen-bond acceptors (Lipinski definition) is 7. The maximum atomic E-state index is 5.57. The molecule has 8 heteroatoms. The molecule has 0 bridgehead atoms. The maximum absolute atomic E-state index is 5.57. The van der Waals surface area contributed by atoms with Gasteiger partial charge < -0.3 is 20.4 Å². The molecule has 1 saturated heterocycles. The molecule has 3 N–H and O–H groups in total. The zero-order chi connectivity index (χ0) is 27.8. The maximum Gasteiger partial charge on any atom is 0.157 e. The van der Waals surface area contributed by atoms with Gasteiger partial charge in [-0.1, -0.05) is 6.07 Å². The number of imidazole rings is 1. The van der Waals surface area contributed by atoms with Gasteiger partial charge in [-0.15, -0.1) is 0 Å². The summed E-state index contributed by atoms with van der Waals surface area (Å²) in [4.78, 5) is 22.0. The van der Waals surface area contributed by atoms with Crippen LogP contribution in [0.25, 0.3) is 33.5 Å². The van der Waals surface area contributed by atoms with Crippen LogP contribution >= 0.6 is 0 Å². The Morgan fingerprint density at radius 1 is 0.756 bits per heavy atom. The van der Waals surface area contributed by atoms with Gasteiger partial charge in [0.2, 0.25) is 0 Å². The first kappa shape index (κ1) is 25.2. The normalized spacial score (nSPS) is 14.0. The van der Waals surface area contributed by atoms with E-state index in [1.807, 2.05) is 56.4 Å². The molecular weight excluding hydrogens is 510 g/mol. The Hall–Kier alpha value is -4.82. The molecular formula is C33H31N7O. The second-order valence-electron chi connectivity index (χ2n) is 10.7. The molecule has 1 aliphatic rings. The molecule has 0 radical (unpaired) electrons. The average Bonchev–Trinajstić information content (AvgIpc) is 3.41. The second kappa shape index (κ2) is 10.6. The van der Waals surface area contributed by atoms with Crippen LogP contribution in [-0.2, 0) is 4.74 Å². The van der Waals surface area contributed by atoms with Gasteiger partial charge in [0, 0.05) is 53.2 Å². The predicted octanol–water partition coefficient (Wildman–Crippen LogP) is 7.57. The Bertz CT molecular complexity index is 1860. The van der Waals surface area contributed by atoms with E-state index in [9.17, 15) is 0 Å². The van der Waals surface area contributed by atoms with Crippen LogP contribution in [-0.4, -0.2) is 38.1 Å². The van der Waals surface area contributed by atoms with Crippen molar-refractivity contribution in [1.82, 2.24) is 24.9 Å². The first-order valence-corrected chi connectivity index (χ1v) is 14.0. The minimum Gasteiger partial charge on any atom is -0.381 e. The molecule has 1 aliphatic heterocycles. The number of benzene rings is 2. The van der Waals surface area contributed by atoms with Gasteiger partial charge in [-0.2, -0.15) is 0 Å². The standard InChI is InChI=1S/C33H31N7O/c1-20-15-25(9-12-34-20)37-24-4-7-29-32(18-24)40-33(39-29)30-8-5-26(19-35-30)38-31-16-21(2)36-28-6-3-23(17-27(28)31)22-10-13-41-14-11-22/h3-9,12,15-19,22H,10-11,13-14H2,1-2H3,(H,34,37)(H,36,38)(H,39,40). The number of H-pyrrole nitrogens is 1.